The van der Waals surface area contributed by atoms with Crippen LogP contribution in [0.4, 0.5) is 16.2 Å². The topological polar surface area (TPSA) is 103 Å². The van der Waals surface area contributed by atoms with Gasteiger partial charge < -0.3 is 30.9 Å². The van der Waals surface area contributed by atoms with E-state index in [4.69, 9.17) is 4.74 Å². The fourth-order valence-corrected chi connectivity index (χ4v) is 3.54. The molecule has 0 unspecified atom stereocenters. The van der Waals surface area contributed by atoms with Crippen LogP contribution in [-0.4, -0.2) is 48.1 Å². The number of rotatable bonds is 11. The molecular weight excluding hydrogens is 486 g/mol. The highest BCUT2D eigenvalue weighted by Gasteiger charge is 2.12. The highest BCUT2D eigenvalue weighted by atomic mass is 79.9. The minimum absolute atomic E-state index is 0.0681. The number of aliphatic hydroxyl groups is 2. The number of amides is 2. The number of nitrogens with one attached hydrogen (secondary N) is 3. The summed E-state index contributed by atoms with van der Waals surface area (Å²) in [4.78, 5) is 12.2. The lowest BCUT2D eigenvalue weighted by atomic mass is 10.1. The number of ether oxygens (including phenoxy) is 1. The molecule has 0 heterocycles. The fourth-order valence-electron chi connectivity index (χ4n) is 3.14. The van der Waals surface area contributed by atoms with Crippen molar-refractivity contribution in [1.29, 1.82) is 0 Å². The molecule has 8 heteroatoms. The Labute approximate surface area is 201 Å². The Morgan fingerprint density at radius 2 is 1.67 bits per heavy atom. The highest BCUT2D eigenvalue weighted by Crippen LogP contribution is 2.17. The van der Waals surface area contributed by atoms with Crippen molar-refractivity contribution >= 4 is 33.3 Å². The van der Waals surface area contributed by atoms with Crippen LogP contribution in [0.5, 0.6) is 5.75 Å². The van der Waals surface area contributed by atoms with E-state index in [0.717, 1.165) is 10.0 Å². The van der Waals surface area contributed by atoms with E-state index in [9.17, 15) is 15.0 Å². The van der Waals surface area contributed by atoms with E-state index in [1.54, 1.807) is 6.07 Å². The van der Waals surface area contributed by atoms with Crippen LogP contribution in [0, 0.1) is 0 Å². The Morgan fingerprint density at radius 1 is 0.939 bits per heavy atom. The molecule has 3 rings (SSSR count). The molecule has 3 aromatic rings. The Kier molecular flexibility index (Phi) is 9.71. The average molecular weight is 514 g/mol. The number of urea groups is 1. The van der Waals surface area contributed by atoms with Crippen LogP contribution >= 0.6 is 15.9 Å². The lowest BCUT2D eigenvalue weighted by Crippen LogP contribution is -2.41. The second kappa shape index (κ2) is 13.0. The SMILES string of the molecule is O=C(Nc1ccc(C[C@@H](CO)NC[C@H](O)COc2ccccc2)cc1)Nc1cccc(Br)c1. The largest absolute Gasteiger partial charge is 0.491 e. The Morgan fingerprint density at radius 3 is 2.36 bits per heavy atom. The van der Waals surface area contributed by atoms with Gasteiger partial charge in [0.2, 0.25) is 0 Å². The van der Waals surface area contributed by atoms with Crippen LogP contribution in [0.15, 0.2) is 83.3 Å². The van der Waals surface area contributed by atoms with E-state index in [1.807, 2.05) is 72.8 Å². The van der Waals surface area contributed by atoms with Gasteiger partial charge in [-0.25, -0.2) is 4.79 Å². The molecule has 0 spiro atoms. The van der Waals surface area contributed by atoms with Crippen molar-refractivity contribution in [3.8, 4) is 5.75 Å². The number of carbonyl (C=O) groups excluding carboxylic acids is 1. The van der Waals surface area contributed by atoms with Crippen LogP contribution in [0.1, 0.15) is 5.56 Å². The van der Waals surface area contributed by atoms with Gasteiger partial charge in [-0.15, -0.1) is 0 Å². The van der Waals surface area contributed by atoms with Crippen LogP contribution in [0.2, 0.25) is 0 Å². The summed E-state index contributed by atoms with van der Waals surface area (Å²) in [7, 11) is 0. The number of anilines is 2. The molecule has 0 saturated carbocycles. The number of aliphatic hydroxyl groups excluding tert-OH is 2. The predicted octanol–water partition coefficient (Wildman–Crippen LogP) is 4.03. The molecule has 2 atom stereocenters. The average Bonchev–Trinajstić information content (AvgIpc) is 2.82. The molecule has 0 aromatic heterocycles. The number of hydrogen-bond donors (Lipinski definition) is 5. The Bertz CT molecular complexity index is 1000. The number of halogens is 1. The van der Waals surface area contributed by atoms with Crippen molar-refractivity contribution in [3.05, 3.63) is 88.9 Å². The molecule has 3 aromatic carbocycles. The third-order valence-electron chi connectivity index (χ3n) is 4.82. The molecule has 0 saturated heterocycles. The smallest absolute Gasteiger partial charge is 0.323 e. The highest BCUT2D eigenvalue weighted by molar-refractivity contribution is 9.10. The molecule has 0 aliphatic rings. The van der Waals surface area contributed by atoms with Crippen molar-refractivity contribution in [2.45, 2.75) is 18.6 Å². The zero-order valence-electron chi connectivity index (χ0n) is 18.1. The summed E-state index contributed by atoms with van der Waals surface area (Å²) in [5.74, 6) is 0.703. The Balaban J connectivity index is 1.42. The van der Waals surface area contributed by atoms with Crippen molar-refractivity contribution < 1.29 is 19.7 Å². The van der Waals surface area contributed by atoms with E-state index in [0.29, 0.717) is 30.1 Å². The van der Waals surface area contributed by atoms with E-state index in [1.165, 1.54) is 0 Å². The number of carbonyl (C=O) groups is 1. The normalized spacial score (nSPS) is 12.6. The molecular formula is C25H28BrN3O4. The third-order valence-corrected chi connectivity index (χ3v) is 5.32. The molecule has 0 bridgehead atoms. The summed E-state index contributed by atoms with van der Waals surface area (Å²) in [6.07, 6.45) is -0.123. The summed E-state index contributed by atoms with van der Waals surface area (Å²) >= 11 is 3.37. The van der Waals surface area contributed by atoms with Crippen molar-refractivity contribution in [1.82, 2.24) is 5.32 Å². The van der Waals surface area contributed by atoms with Gasteiger partial charge in [-0.2, -0.15) is 0 Å². The fraction of sp³-hybridized carbons (Fsp3) is 0.240. The maximum Gasteiger partial charge on any atom is 0.323 e. The summed E-state index contributed by atoms with van der Waals surface area (Å²) in [6, 6.07) is 23.5. The summed E-state index contributed by atoms with van der Waals surface area (Å²) in [6.45, 7) is 0.395. The van der Waals surface area contributed by atoms with Gasteiger partial charge in [-0.1, -0.05) is 52.3 Å². The molecule has 0 radical (unpaired) electrons. The molecule has 2 amide bonds. The van der Waals surface area contributed by atoms with Gasteiger partial charge in [0, 0.05) is 28.4 Å². The first-order valence-corrected chi connectivity index (χ1v) is 11.4. The lowest BCUT2D eigenvalue weighted by Gasteiger charge is -2.19. The van der Waals surface area contributed by atoms with Gasteiger partial charge in [-0.3, -0.25) is 0 Å². The first-order valence-electron chi connectivity index (χ1n) is 10.6. The Hall–Kier alpha value is -2.91. The standard InChI is InChI=1S/C25H28BrN3O4/c26-19-5-4-6-21(14-19)29-25(32)28-20-11-9-18(10-12-20)13-22(16-30)27-15-23(31)17-33-24-7-2-1-3-8-24/h1-12,14,22-23,27,30-31H,13,15-17H2,(H2,28,29,32)/t22-,23-/m0/s1. The number of benzene rings is 3. The maximum atomic E-state index is 12.2. The van der Waals surface area contributed by atoms with Gasteiger partial charge in [0.25, 0.3) is 0 Å². The second-order valence-corrected chi connectivity index (χ2v) is 8.47. The van der Waals surface area contributed by atoms with E-state index >= 15 is 0 Å². The molecule has 174 valence electrons. The van der Waals surface area contributed by atoms with E-state index in [2.05, 4.69) is 31.9 Å². The van der Waals surface area contributed by atoms with Crippen LogP contribution in [0.3, 0.4) is 0 Å². The van der Waals surface area contributed by atoms with Crippen molar-refractivity contribution in [2.75, 3.05) is 30.4 Å². The minimum atomic E-state index is -0.699. The lowest BCUT2D eigenvalue weighted by molar-refractivity contribution is 0.0997. The number of hydrogen-bond acceptors (Lipinski definition) is 5. The quantitative estimate of drug-likeness (QED) is 0.266. The third kappa shape index (κ3) is 8.86. The summed E-state index contributed by atoms with van der Waals surface area (Å²) in [5, 5.41) is 28.6. The van der Waals surface area contributed by atoms with Gasteiger partial charge in [0.15, 0.2) is 0 Å². The zero-order chi connectivity index (χ0) is 23.5. The van der Waals surface area contributed by atoms with Gasteiger partial charge >= 0.3 is 6.03 Å². The minimum Gasteiger partial charge on any atom is -0.491 e. The van der Waals surface area contributed by atoms with Gasteiger partial charge in [-0.05, 0) is 54.4 Å². The first-order chi connectivity index (χ1) is 16.0. The number of para-hydroxylation sites is 1. The predicted molar refractivity (Wildman–Crippen MR) is 134 cm³/mol. The molecule has 7 nitrogen and oxygen atoms in total. The molecule has 33 heavy (non-hydrogen) atoms. The van der Waals surface area contributed by atoms with E-state index in [-0.39, 0.29) is 25.3 Å². The first kappa shape index (κ1) is 24.7. The van der Waals surface area contributed by atoms with E-state index < -0.39 is 6.10 Å². The monoisotopic (exact) mass is 513 g/mol. The molecule has 5 N–H and O–H groups in total. The van der Waals surface area contributed by atoms with Crippen molar-refractivity contribution in [2.24, 2.45) is 0 Å². The molecule has 0 fully saturated rings. The van der Waals surface area contributed by atoms with Crippen molar-refractivity contribution in [3.63, 3.8) is 0 Å². The van der Waals surface area contributed by atoms with Gasteiger partial charge in [0.05, 0.1) is 6.61 Å². The maximum absolute atomic E-state index is 12.2. The van der Waals surface area contributed by atoms with Crippen LogP contribution in [-0.2, 0) is 6.42 Å². The summed E-state index contributed by atoms with van der Waals surface area (Å²) < 4.78 is 6.43. The second-order valence-electron chi connectivity index (χ2n) is 7.56. The zero-order valence-corrected chi connectivity index (χ0v) is 19.7. The summed E-state index contributed by atoms with van der Waals surface area (Å²) in [5.41, 5.74) is 2.34. The molecule has 0 aliphatic carbocycles. The van der Waals surface area contributed by atoms with Gasteiger partial charge in [0.1, 0.15) is 18.5 Å². The van der Waals surface area contributed by atoms with Crippen LogP contribution in [0.25, 0.3) is 0 Å². The van der Waals surface area contributed by atoms with Crippen LogP contribution < -0.4 is 20.7 Å². The molecule has 0 aliphatic heterocycles.